The molecular formula is C16H18N2O4. The first kappa shape index (κ1) is 15.8. The molecule has 6 nitrogen and oxygen atoms in total. The van der Waals surface area contributed by atoms with Crippen molar-refractivity contribution < 1.29 is 19.2 Å². The molecule has 0 aliphatic carbocycles. The minimum absolute atomic E-state index is 0.0273. The third-order valence-corrected chi connectivity index (χ3v) is 3.76. The molecule has 1 aromatic carbocycles. The van der Waals surface area contributed by atoms with Gasteiger partial charge in [0.15, 0.2) is 0 Å². The molecule has 0 bridgehead atoms. The summed E-state index contributed by atoms with van der Waals surface area (Å²) in [6, 6.07) is 10.5. The first-order chi connectivity index (χ1) is 10.6. The van der Waals surface area contributed by atoms with Crippen molar-refractivity contribution in [1.29, 1.82) is 0 Å². The number of carbonyl (C=O) groups excluding carboxylic acids is 1. The van der Waals surface area contributed by atoms with E-state index in [1.165, 1.54) is 6.26 Å². The highest BCUT2D eigenvalue weighted by Crippen LogP contribution is 2.27. The molecule has 0 spiro atoms. The van der Waals surface area contributed by atoms with Gasteiger partial charge < -0.3 is 14.9 Å². The maximum absolute atomic E-state index is 11.9. The van der Waals surface area contributed by atoms with Gasteiger partial charge in [0.1, 0.15) is 11.7 Å². The second kappa shape index (κ2) is 6.89. The lowest BCUT2D eigenvalue weighted by atomic mass is 9.78. The summed E-state index contributed by atoms with van der Waals surface area (Å²) in [6.45, 7) is 1.82. The van der Waals surface area contributed by atoms with Gasteiger partial charge in [0.2, 0.25) is 5.91 Å². The predicted molar refractivity (Wildman–Crippen MR) is 79.3 cm³/mol. The van der Waals surface area contributed by atoms with Gasteiger partial charge in [-0.25, -0.2) is 0 Å². The van der Waals surface area contributed by atoms with Gasteiger partial charge in [0.25, 0.3) is 0 Å². The maximum Gasteiger partial charge on any atom is 0.315 e. The monoisotopic (exact) mass is 302 g/mol. The molecule has 0 saturated carbocycles. The van der Waals surface area contributed by atoms with Crippen molar-refractivity contribution >= 4 is 11.9 Å². The molecule has 1 atom stereocenters. The summed E-state index contributed by atoms with van der Waals surface area (Å²) in [5.41, 5.74) is 0.0437. The lowest BCUT2D eigenvalue weighted by molar-refractivity contribution is -0.144. The average molecular weight is 302 g/mol. The van der Waals surface area contributed by atoms with E-state index in [4.69, 9.17) is 0 Å². The summed E-state index contributed by atoms with van der Waals surface area (Å²) < 4.78 is 4.67. The Morgan fingerprint density at radius 1 is 1.27 bits per heavy atom. The zero-order valence-electron chi connectivity index (χ0n) is 12.3. The van der Waals surface area contributed by atoms with Crippen LogP contribution >= 0.6 is 0 Å². The topological polar surface area (TPSA) is 92.4 Å². The van der Waals surface area contributed by atoms with Crippen LogP contribution in [0.2, 0.25) is 0 Å². The number of carboxylic acid groups (broad SMARTS) is 1. The molecule has 0 aliphatic rings. The molecule has 1 unspecified atom stereocenters. The third kappa shape index (κ3) is 3.33. The van der Waals surface area contributed by atoms with Crippen molar-refractivity contribution in [2.24, 2.45) is 0 Å². The Bertz CT molecular complexity index is 625. The molecule has 2 N–H and O–H groups in total. The first-order valence-electron chi connectivity index (χ1n) is 7.03. The number of hydrogen-bond donors (Lipinski definition) is 2. The Balaban J connectivity index is 2.11. The fraction of sp³-hybridized carbons (Fsp3) is 0.312. The van der Waals surface area contributed by atoms with Crippen LogP contribution in [0.3, 0.4) is 0 Å². The predicted octanol–water partition coefficient (Wildman–Crippen LogP) is 1.77. The Morgan fingerprint density at radius 3 is 2.55 bits per heavy atom. The molecule has 1 heterocycles. The third-order valence-electron chi connectivity index (χ3n) is 3.76. The second-order valence-corrected chi connectivity index (χ2v) is 5.05. The van der Waals surface area contributed by atoms with Crippen molar-refractivity contribution in [3.63, 3.8) is 0 Å². The minimum atomic E-state index is -1.14. The molecule has 0 saturated heterocycles. The number of rotatable bonds is 7. The van der Waals surface area contributed by atoms with Crippen LogP contribution in [-0.4, -0.2) is 28.7 Å². The van der Waals surface area contributed by atoms with Crippen molar-refractivity contribution in [3.8, 4) is 0 Å². The average Bonchev–Trinajstić information content (AvgIpc) is 3.02. The van der Waals surface area contributed by atoms with E-state index in [0.717, 1.165) is 0 Å². The molecular weight excluding hydrogens is 284 g/mol. The van der Waals surface area contributed by atoms with E-state index < -0.39 is 11.4 Å². The van der Waals surface area contributed by atoms with Gasteiger partial charge in [0, 0.05) is 12.6 Å². The van der Waals surface area contributed by atoms with Crippen LogP contribution in [0.25, 0.3) is 0 Å². The van der Waals surface area contributed by atoms with E-state index in [0.29, 0.717) is 17.7 Å². The number of benzene rings is 1. The normalized spacial score (nSPS) is 13.3. The Morgan fingerprint density at radius 2 is 2.00 bits per heavy atom. The van der Waals surface area contributed by atoms with Crippen LogP contribution in [0.1, 0.15) is 24.6 Å². The van der Waals surface area contributed by atoms with Gasteiger partial charge in [-0.2, -0.15) is 0 Å². The summed E-state index contributed by atoms with van der Waals surface area (Å²) in [6.07, 6.45) is 1.82. The van der Waals surface area contributed by atoms with E-state index in [1.807, 2.05) is 6.07 Å². The van der Waals surface area contributed by atoms with Crippen LogP contribution in [-0.2, 0) is 21.4 Å². The number of carboxylic acids is 1. The SMILES string of the molecule is CCC(CNC(=O)Cc1ccon1)(C(=O)O)c1ccccc1. The molecule has 22 heavy (non-hydrogen) atoms. The molecule has 6 heteroatoms. The summed E-state index contributed by atoms with van der Waals surface area (Å²) >= 11 is 0. The van der Waals surface area contributed by atoms with Gasteiger partial charge >= 0.3 is 5.97 Å². The van der Waals surface area contributed by atoms with Crippen molar-refractivity contribution in [3.05, 3.63) is 53.9 Å². The fourth-order valence-corrected chi connectivity index (χ4v) is 2.34. The molecule has 2 rings (SSSR count). The van der Waals surface area contributed by atoms with E-state index in [-0.39, 0.29) is 18.9 Å². The summed E-state index contributed by atoms with van der Waals surface area (Å²) in [4.78, 5) is 23.7. The highest BCUT2D eigenvalue weighted by molar-refractivity contribution is 5.84. The molecule has 0 fully saturated rings. The number of aromatic nitrogens is 1. The lowest BCUT2D eigenvalue weighted by Gasteiger charge is -2.29. The largest absolute Gasteiger partial charge is 0.481 e. The molecule has 0 radical (unpaired) electrons. The summed E-state index contributed by atoms with van der Waals surface area (Å²) in [5, 5.41) is 16.0. The standard InChI is InChI=1S/C16H18N2O4/c1-2-16(15(20)21,12-6-4-3-5-7-12)11-17-14(19)10-13-8-9-22-18-13/h3-9H,2,10-11H2,1H3,(H,17,19)(H,20,21). The van der Waals surface area contributed by atoms with Gasteiger partial charge in [-0.1, -0.05) is 42.4 Å². The Labute approximate surface area is 128 Å². The minimum Gasteiger partial charge on any atom is -0.481 e. The number of hydrogen-bond acceptors (Lipinski definition) is 4. The van der Waals surface area contributed by atoms with Gasteiger partial charge in [0.05, 0.1) is 12.1 Å². The first-order valence-corrected chi connectivity index (χ1v) is 7.03. The summed E-state index contributed by atoms with van der Waals surface area (Å²) in [7, 11) is 0. The number of nitrogens with one attached hydrogen (secondary N) is 1. The number of aliphatic carboxylic acids is 1. The lowest BCUT2D eigenvalue weighted by Crippen LogP contribution is -2.46. The van der Waals surface area contributed by atoms with Crippen LogP contribution in [0.5, 0.6) is 0 Å². The smallest absolute Gasteiger partial charge is 0.315 e. The molecule has 0 aliphatic heterocycles. The molecule has 116 valence electrons. The molecule has 1 aromatic heterocycles. The fourth-order valence-electron chi connectivity index (χ4n) is 2.34. The zero-order valence-corrected chi connectivity index (χ0v) is 12.3. The van der Waals surface area contributed by atoms with Gasteiger partial charge in [-0.15, -0.1) is 0 Å². The van der Waals surface area contributed by atoms with Gasteiger partial charge in [-0.3, -0.25) is 9.59 Å². The van der Waals surface area contributed by atoms with Crippen molar-refractivity contribution in [1.82, 2.24) is 10.5 Å². The number of carbonyl (C=O) groups is 2. The number of amides is 1. The molecule has 1 amide bonds. The summed E-state index contributed by atoms with van der Waals surface area (Å²) in [5.74, 6) is -1.24. The van der Waals surface area contributed by atoms with E-state index >= 15 is 0 Å². The zero-order chi connectivity index (χ0) is 16.0. The Kier molecular flexibility index (Phi) is 4.93. The highest BCUT2D eigenvalue weighted by Gasteiger charge is 2.38. The van der Waals surface area contributed by atoms with E-state index in [1.54, 1.807) is 37.3 Å². The maximum atomic E-state index is 11.9. The Hall–Kier alpha value is -2.63. The van der Waals surface area contributed by atoms with Crippen molar-refractivity contribution in [2.45, 2.75) is 25.2 Å². The van der Waals surface area contributed by atoms with Crippen molar-refractivity contribution in [2.75, 3.05) is 6.54 Å². The van der Waals surface area contributed by atoms with Crippen LogP contribution in [0, 0.1) is 0 Å². The van der Waals surface area contributed by atoms with E-state index in [2.05, 4.69) is 15.0 Å². The second-order valence-electron chi connectivity index (χ2n) is 5.05. The quantitative estimate of drug-likeness (QED) is 0.813. The van der Waals surface area contributed by atoms with Gasteiger partial charge in [-0.05, 0) is 12.0 Å². The van der Waals surface area contributed by atoms with Crippen LogP contribution in [0.4, 0.5) is 0 Å². The van der Waals surface area contributed by atoms with Crippen LogP contribution in [0.15, 0.2) is 47.2 Å². The molecule has 2 aromatic rings. The number of nitrogens with zero attached hydrogens (tertiary/aromatic N) is 1. The highest BCUT2D eigenvalue weighted by atomic mass is 16.5. The van der Waals surface area contributed by atoms with E-state index in [9.17, 15) is 14.7 Å². The van der Waals surface area contributed by atoms with Crippen LogP contribution < -0.4 is 5.32 Å².